The number of amides is 1. The van der Waals surface area contributed by atoms with E-state index in [4.69, 9.17) is 19.3 Å². The lowest BCUT2D eigenvalue weighted by Gasteiger charge is -2.30. The molecule has 1 aromatic carbocycles. The molecule has 4 rings (SSSR count). The maximum absolute atomic E-state index is 14.7. The number of rotatable bonds is 6. The highest BCUT2D eigenvalue weighted by molar-refractivity contribution is 5.65. The van der Waals surface area contributed by atoms with E-state index < -0.39 is 11.9 Å². The largest absolute Gasteiger partial charge is 0.490 e. The third kappa shape index (κ3) is 5.37. The van der Waals surface area contributed by atoms with Gasteiger partial charge >= 0.3 is 6.09 Å². The molecule has 1 aromatic heterocycles. The first-order valence-corrected chi connectivity index (χ1v) is 10.8. The number of aromatic nitrogens is 2. The molecule has 3 heterocycles. The minimum absolute atomic E-state index is 0.0353. The van der Waals surface area contributed by atoms with E-state index in [9.17, 15) is 9.18 Å². The molecule has 9 nitrogen and oxygen atoms in total. The van der Waals surface area contributed by atoms with Gasteiger partial charge in [0.1, 0.15) is 35.9 Å². The highest BCUT2D eigenvalue weighted by atomic mass is 19.1. The van der Waals surface area contributed by atoms with E-state index in [1.54, 1.807) is 19.1 Å². The van der Waals surface area contributed by atoms with E-state index >= 15 is 0 Å². The van der Waals surface area contributed by atoms with Crippen molar-refractivity contribution in [3.8, 4) is 11.6 Å². The van der Waals surface area contributed by atoms with E-state index in [0.717, 1.165) is 12.8 Å². The molecule has 1 amide bonds. The van der Waals surface area contributed by atoms with Gasteiger partial charge in [-0.3, -0.25) is 0 Å². The van der Waals surface area contributed by atoms with Crippen LogP contribution in [-0.2, 0) is 4.74 Å². The van der Waals surface area contributed by atoms with Gasteiger partial charge in [0.05, 0.1) is 24.5 Å². The Hall–Kier alpha value is -3.14. The first-order chi connectivity index (χ1) is 15.5. The summed E-state index contributed by atoms with van der Waals surface area (Å²) in [5.74, 6) is 0.873. The summed E-state index contributed by atoms with van der Waals surface area (Å²) < 4.78 is 31.9. The number of anilines is 2. The van der Waals surface area contributed by atoms with Crippen molar-refractivity contribution in [2.45, 2.75) is 44.8 Å². The molecule has 0 unspecified atom stereocenters. The van der Waals surface area contributed by atoms with Gasteiger partial charge in [-0.05, 0) is 19.1 Å². The third-order valence-electron chi connectivity index (χ3n) is 5.69. The quantitative estimate of drug-likeness (QED) is 0.691. The molecule has 2 saturated heterocycles. The van der Waals surface area contributed by atoms with Crippen LogP contribution in [-0.4, -0.2) is 64.6 Å². The second-order valence-corrected chi connectivity index (χ2v) is 7.94. The highest BCUT2D eigenvalue weighted by Crippen LogP contribution is 2.29. The van der Waals surface area contributed by atoms with Gasteiger partial charge in [0.2, 0.25) is 5.88 Å². The molecule has 2 aromatic rings. The van der Waals surface area contributed by atoms with E-state index in [0.29, 0.717) is 62.2 Å². The number of carboxylic acid groups (broad SMARTS) is 1. The van der Waals surface area contributed by atoms with Gasteiger partial charge in [0, 0.05) is 44.8 Å². The Labute approximate surface area is 185 Å². The fourth-order valence-electron chi connectivity index (χ4n) is 3.79. The Morgan fingerprint density at radius 2 is 1.88 bits per heavy atom. The summed E-state index contributed by atoms with van der Waals surface area (Å²) in [7, 11) is 0. The Kier molecular flexibility index (Phi) is 6.89. The number of nitrogens with one attached hydrogen (secondary N) is 1. The highest BCUT2D eigenvalue weighted by Gasteiger charge is 2.25. The number of likely N-dealkylation sites (tertiary alicyclic amines) is 1. The Morgan fingerprint density at radius 3 is 2.56 bits per heavy atom. The zero-order valence-corrected chi connectivity index (χ0v) is 17.9. The summed E-state index contributed by atoms with van der Waals surface area (Å²) >= 11 is 0. The van der Waals surface area contributed by atoms with Crippen LogP contribution >= 0.6 is 0 Å². The SMILES string of the molecule is Cc1c(Nc2ccc(OC3CCOCC3)cc2F)ncnc1OC1CCN(C(=O)O)CC1. The summed E-state index contributed by atoms with van der Waals surface area (Å²) in [5.41, 5.74) is 0.918. The molecular weight excluding hydrogens is 419 g/mol. The maximum atomic E-state index is 14.7. The number of benzene rings is 1. The molecule has 10 heteroatoms. The van der Waals surface area contributed by atoms with E-state index in [1.807, 2.05) is 0 Å². The average molecular weight is 446 g/mol. The van der Waals surface area contributed by atoms with E-state index in [-0.39, 0.29) is 17.9 Å². The molecule has 32 heavy (non-hydrogen) atoms. The van der Waals surface area contributed by atoms with Gasteiger partial charge in [-0.15, -0.1) is 0 Å². The zero-order valence-electron chi connectivity index (χ0n) is 17.9. The molecule has 0 aliphatic carbocycles. The number of hydrogen-bond acceptors (Lipinski definition) is 7. The van der Waals surface area contributed by atoms with Crippen LogP contribution in [0.1, 0.15) is 31.2 Å². The molecule has 0 bridgehead atoms. The maximum Gasteiger partial charge on any atom is 0.407 e. The normalized spacial score (nSPS) is 17.8. The summed E-state index contributed by atoms with van der Waals surface area (Å²) in [6, 6.07) is 4.71. The molecule has 2 N–H and O–H groups in total. The first-order valence-electron chi connectivity index (χ1n) is 10.8. The standard InChI is InChI=1S/C22H27FN4O5/c1-14-20(24-13-25-21(14)32-15-4-8-27(9-5-15)22(28)29)26-19-3-2-17(12-18(19)23)31-16-6-10-30-11-7-16/h2-3,12-13,15-16H,4-11H2,1H3,(H,28,29)(H,24,25,26). The Morgan fingerprint density at radius 1 is 1.16 bits per heavy atom. The topological polar surface area (TPSA) is 106 Å². The second-order valence-electron chi connectivity index (χ2n) is 7.94. The van der Waals surface area contributed by atoms with Crippen molar-refractivity contribution in [1.82, 2.24) is 14.9 Å². The lowest BCUT2D eigenvalue weighted by atomic mass is 10.1. The predicted molar refractivity (Wildman–Crippen MR) is 114 cm³/mol. The number of piperidine rings is 1. The summed E-state index contributed by atoms with van der Waals surface area (Å²) in [5, 5.41) is 12.1. The zero-order chi connectivity index (χ0) is 22.5. The number of ether oxygens (including phenoxy) is 3. The van der Waals surface area contributed by atoms with Crippen molar-refractivity contribution in [3.63, 3.8) is 0 Å². The van der Waals surface area contributed by atoms with Crippen LogP contribution in [0.25, 0.3) is 0 Å². The molecule has 0 spiro atoms. The summed E-state index contributed by atoms with van der Waals surface area (Å²) in [4.78, 5) is 20.8. The van der Waals surface area contributed by atoms with Gasteiger partial charge in [-0.25, -0.2) is 19.2 Å². The molecule has 2 fully saturated rings. The number of halogens is 1. The molecule has 2 aliphatic heterocycles. The molecule has 0 saturated carbocycles. The first kappa shape index (κ1) is 22.1. The van der Waals surface area contributed by atoms with Crippen molar-refractivity contribution >= 4 is 17.6 Å². The molecule has 0 radical (unpaired) electrons. The fraction of sp³-hybridized carbons (Fsp3) is 0.500. The third-order valence-corrected chi connectivity index (χ3v) is 5.69. The van der Waals surface area contributed by atoms with Crippen molar-refractivity contribution < 1.29 is 28.5 Å². The van der Waals surface area contributed by atoms with Crippen LogP contribution in [0, 0.1) is 12.7 Å². The van der Waals surface area contributed by atoms with Crippen molar-refractivity contribution in [2.75, 3.05) is 31.6 Å². The van der Waals surface area contributed by atoms with Crippen molar-refractivity contribution in [3.05, 3.63) is 35.9 Å². The smallest absolute Gasteiger partial charge is 0.407 e. The number of nitrogens with zero attached hydrogens (tertiary/aromatic N) is 3. The van der Waals surface area contributed by atoms with Gasteiger partial charge < -0.3 is 29.5 Å². The van der Waals surface area contributed by atoms with E-state index in [1.165, 1.54) is 17.3 Å². The van der Waals surface area contributed by atoms with Crippen LogP contribution < -0.4 is 14.8 Å². The van der Waals surface area contributed by atoms with Gasteiger partial charge in [0.15, 0.2) is 0 Å². The van der Waals surface area contributed by atoms with Crippen molar-refractivity contribution in [1.29, 1.82) is 0 Å². The van der Waals surface area contributed by atoms with Crippen LogP contribution in [0.5, 0.6) is 11.6 Å². The lowest BCUT2D eigenvalue weighted by molar-refractivity contribution is 0.0254. The Balaban J connectivity index is 1.39. The Bertz CT molecular complexity index is 946. The average Bonchev–Trinajstić information content (AvgIpc) is 2.79. The van der Waals surface area contributed by atoms with Gasteiger partial charge in [-0.1, -0.05) is 0 Å². The molecule has 172 valence electrons. The minimum Gasteiger partial charge on any atom is -0.490 e. The second kappa shape index (κ2) is 9.99. The van der Waals surface area contributed by atoms with Gasteiger partial charge in [0.25, 0.3) is 0 Å². The monoisotopic (exact) mass is 446 g/mol. The summed E-state index contributed by atoms with van der Waals surface area (Å²) in [6.45, 7) is 3.95. The lowest BCUT2D eigenvalue weighted by Crippen LogP contribution is -2.41. The number of carbonyl (C=O) groups is 1. The van der Waals surface area contributed by atoms with Gasteiger partial charge in [-0.2, -0.15) is 0 Å². The van der Waals surface area contributed by atoms with Crippen LogP contribution in [0.2, 0.25) is 0 Å². The number of hydrogen-bond donors (Lipinski definition) is 2. The van der Waals surface area contributed by atoms with Crippen molar-refractivity contribution in [2.24, 2.45) is 0 Å². The van der Waals surface area contributed by atoms with Crippen LogP contribution in [0.15, 0.2) is 24.5 Å². The molecule has 0 atom stereocenters. The molecule has 2 aliphatic rings. The fourth-order valence-corrected chi connectivity index (χ4v) is 3.79. The van der Waals surface area contributed by atoms with Crippen LogP contribution in [0.4, 0.5) is 20.7 Å². The predicted octanol–water partition coefficient (Wildman–Crippen LogP) is 3.75. The minimum atomic E-state index is -0.917. The van der Waals surface area contributed by atoms with E-state index in [2.05, 4.69) is 15.3 Å². The summed E-state index contributed by atoms with van der Waals surface area (Å²) in [6.07, 6.45) is 3.10. The van der Waals surface area contributed by atoms with Crippen LogP contribution in [0.3, 0.4) is 0 Å². The molecular formula is C22H27FN4O5.